The lowest BCUT2D eigenvalue weighted by molar-refractivity contribution is -0.0105. The van der Waals surface area contributed by atoms with Gasteiger partial charge in [-0.3, -0.25) is 24.5 Å². The van der Waals surface area contributed by atoms with Crippen LogP contribution in [-0.4, -0.2) is 40.6 Å². The molecule has 2 aromatic carbocycles. The van der Waals surface area contributed by atoms with Gasteiger partial charge in [-0.1, -0.05) is 24.3 Å². The first-order chi connectivity index (χ1) is 13.5. The molecule has 0 bridgehead atoms. The van der Waals surface area contributed by atoms with Gasteiger partial charge in [0.05, 0.1) is 6.61 Å². The highest BCUT2D eigenvalue weighted by Gasteiger charge is 2.28. The maximum absolute atomic E-state index is 12.3. The summed E-state index contributed by atoms with van der Waals surface area (Å²) in [4.78, 5) is 31.5. The molecule has 1 unspecified atom stereocenters. The van der Waals surface area contributed by atoms with E-state index in [1.807, 2.05) is 6.07 Å². The highest BCUT2D eigenvalue weighted by molar-refractivity contribution is 5.97. The van der Waals surface area contributed by atoms with E-state index in [0.717, 1.165) is 13.0 Å². The molecule has 3 rings (SSSR count). The van der Waals surface area contributed by atoms with Crippen LogP contribution in [0.15, 0.2) is 48.5 Å². The molecule has 0 radical (unpaired) electrons. The lowest BCUT2D eigenvalue weighted by Crippen LogP contribution is -2.47. The molecule has 1 heterocycles. The Morgan fingerprint density at radius 3 is 2.29 bits per heavy atom. The molecule has 0 saturated heterocycles. The summed E-state index contributed by atoms with van der Waals surface area (Å²) in [6, 6.07) is 14.9. The molecular formula is C21H25N3O4. The molecule has 2 amide bonds. The first kappa shape index (κ1) is 20.0. The summed E-state index contributed by atoms with van der Waals surface area (Å²) in [5.74, 6) is -1.02. The molecule has 148 valence electrons. The van der Waals surface area contributed by atoms with Crippen LogP contribution in [0, 0.1) is 0 Å². The second-order valence-corrected chi connectivity index (χ2v) is 7.15. The molecule has 1 atom stereocenters. The summed E-state index contributed by atoms with van der Waals surface area (Å²) in [5, 5.41) is 8.63. The van der Waals surface area contributed by atoms with Crippen LogP contribution >= 0.6 is 0 Å². The van der Waals surface area contributed by atoms with Crippen molar-refractivity contribution in [2.45, 2.75) is 38.9 Å². The normalized spacial score (nSPS) is 16.5. The van der Waals surface area contributed by atoms with Gasteiger partial charge in [-0.15, -0.1) is 0 Å². The van der Waals surface area contributed by atoms with E-state index in [1.54, 1.807) is 5.48 Å². The van der Waals surface area contributed by atoms with E-state index in [0.29, 0.717) is 18.2 Å². The summed E-state index contributed by atoms with van der Waals surface area (Å²) < 4.78 is 0. The van der Waals surface area contributed by atoms with Crippen LogP contribution in [0.4, 0.5) is 0 Å². The van der Waals surface area contributed by atoms with E-state index in [4.69, 9.17) is 10.0 Å². The highest BCUT2D eigenvalue weighted by Crippen LogP contribution is 2.25. The van der Waals surface area contributed by atoms with E-state index < -0.39 is 5.91 Å². The van der Waals surface area contributed by atoms with Crippen molar-refractivity contribution >= 4 is 11.8 Å². The third-order valence-electron chi connectivity index (χ3n) is 5.01. The Morgan fingerprint density at radius 1 is 1.07 bits per heavy atom. The lowest BCUT2D eigenvalue weighted by atomic mass is 9.93. The van der Waals surface area contributed by atoms with Crippen LogP contribution < -0.4 is 11.0 Å². The molecule has 2 aromatic rings. The van der Waals surface area contributed by atoms with E-state index in [9.17, 15) is 9.59 Å². The molecule has 0 saturated carbocycles. The number of carbonyl (C=O) groups is 2. The van der Waals surface area contributed by atoms with Crippen LogP contribution in [0.3, 0.4) is 0 Å². The van der Waals surface area contributed by atoms with Gasteiger partial charge in [-0.2, -0.15) is 0 Å². The third-order valence-corrected chi connectivity index (χ3v) is 5.01. The molecule has 28 heavy (non-hydrogen) atoms. The number of nitrogens with zero attached hydrogens (tertiary/aromatic N) is 1. The van der Waals surface area contributed by atoms with Gasteiger partial charge in [0.1, 0.15) is 0 Å². The van der Waals surface area contributed by atoms with Crippen LogP contribution in [0.1, 0.15) is 45.7 Å². The third kappa shape index (κ3) is 4.56. The number of hydroxylamine groups is 2. The maximum atomic E-state index is 12.3. The van der Waals surface area contributed by atoms with Crippen molar-refractivity contribution in [3.63, 3.8) is 0 Å². The first-order valence-corrected chi connectivity index (χ1v) is 9.28. The Bertz CT molecular complexity index is 836. The van der Waals surface area contributed by atoms with Gasteiger partial charge >= 0.3 is 0 Å². The summed E-state index contributed by atoms with van der Waals surface area (Å²) in [6.45, 7) is 5.56. The fourth-order valence-electron chi connectivity index (χ4n) is 3.47. The topological polar surface area (TPSA) is 90.9 Å². The number of rotatable bonds is 6. The van der Waals surface area contributed by atoms with Crippen molar-refractivity contribution in [3.8, 4) is 0 Å². The molecule has 0 spiro atoms. The second kappa shape index (κ2) is 8.97. The predicted octanol–water partition coefficient (Wildman–Crippen LogP) is 2.30. The van der Waals surface area contributed by atoms with Crippen molar-refractivity contribution in [1.82, 2.24) is 15.9 Å². The predicted molar refractivity (Wildman–Crippen MR) is 104 cm³/mol. The van der Waals surface area contributed by atoms with Crippen LogP contribution in [0.25, 0.3) is 0 Å². The standard InChI is InChI=1S/C21H25N3O4/c1-14(2)24-12-18-6-4-3-5-17(18)11-19(24)13-28-23-21(26)16-9-7-15(8-10-16)20(25)22-27/h3-10,14,19,27H,11-13H2,1-2H3,(H,22,25)(H,23,26). The Kier molecular flexibility index (Phi) is 6.41. The van der Waals surface area contributed by atoms with Crippen molar-refractivity contribution in [1.29, 1.82) is 0 Å². The number of benzene rings is 2. The Morgan fingerprint density at radius 2 is 1.68 bits per heavy atom. The average Bonchev–Trinajstić information content (AvgIpc) is 2.72. The first-order valence-electron chi connectivity index (χ1n) is 9.28. The SMILES string of the molecule is CC(C)N1Cc2ccccc2CC1CONC(=O)c1ccc(C(=O)NO)cc1. The van der Waals surface area contributed by atoms with Crippen molar-refractivity contribution in [2.75, 3.05) is 6.61 Å². The van der Waals surface area contributed by atoms with Gasteiger partial charge in [-0.25, -0.2) is 11.0 Å². The van der Waals surface area contributed by atoms with Crippen LogP contribution in [0.5, 0.6) is 0 Å². The number of hydrogen-bond acceptors (Lipinski definition) is 5. The molecule has 3 N–H and O–H groups in total. The van der Waals surface area contributed by atoms with Gasteiger partial charge in [0, 0.05) is 29.8 Å². The zero-order valence-electron chi connectivity index (χ0n) is 16.0. The average molecular weight is 383 g/mol. The highest BCUT2D eigenvalue weighted by atomic mass is 16.7. The van der Waals surface area contributed by atoms with E-state index in [-0.39, 0.29) is 17.5 Å². The van der Waals surface area contributed by atoms with E-state index in [2.05, 4.69) is 42.4 Å². The fraction of sp³-hybridized carbons (Fsp3) is 0.333. The van der Waals surface area contributed by atoms with E-state index in [1.165, 1.54) is 35.4 Å². The Hall–Kier alpha value is -2.74. The Labute approximate surface area is 164 Å². The molecular weight excluding hydrogens is 358 g/mol. The summed E-state index contributed by atoms with van der Waals surface area (Å²) in [6.07, 6.45) is 0.870. The summed E-state index contributed by atoms with van der Waals surface area (Å²) >= 11 is 0. The maximum Gasteiger partial charge on any atom is 0.274 e. The minimum absolute atomic E-state index is 0.172. The van der Waals surface area contributed by atoms with Gasteiger partial charge in [-0.05, 0) is 55.7 Å². The molecule has 7 nitrogen and oxygen atoms in total. The summed E-state index contributed by atoms with van der Waals surface area (Å²) in [7, 11) is 0. The van der Waals surface area contributed by atoms with Crippen molar-refractivity contribution in [2.24, 2.45) is 0 Å². The zero-order chi connectivity index (χ0) is 20.1. The minimum atomic E-state index is -0.630. The molecule has 0 fully saturated rings. The number of nitrogens with one attached hydrogen (secondary N) is 2. The van der Waals surface area contributed by atoms with E-state index >= 15 is 0 Å². The second-order valence-electron chi connectivity index (χ2n) is 7.15. The molecule has 1 aliphatic heterocycles. The fourth-order valence-corrected chi connectivity index (χ4v) is 3.47. The Balaban J connectivity index is 1.57. The molecule has 1 aliphatic rings. The molecule has 0 aromatic heterocycles. The number of fused-ring (bicyclic) bond motifs is 1. The number of carbonyl (C=O) groups excluding carboxylic acids is 2. The smallest absolute Gasteiger partial charge is 0.274 e. The van der Waals surface area contributed by atoms with Gasteiger partial charge < -0.3 is 0 Å². The quantitative estimate of drug-likeness (QED) is 0.526. The number of amides is 2. The van der Waals surface area contributed by atoms with Crippen LogP contribution in [0.2, 0.25) is 0 Å². The monoisotopic (exact) mass is 383 g/mol. The van der Waals surface area contributed by atoms with Crippen LogP contribution in [-0.2, 0) is 17.8 Å². The van der Waals surface area contributed by atoms with Gasteiger partial charge in [0.2, 0.25) is 0 Å². The minimum Gasteiger partial charge on any atom is -0.291 e. The van der Waals surface area contributed by atoms with Gasteiger partial charge in [0.25, 0.3) is 11.8 Å². The summed E-state index contributed by atoms with van der Waals surface area (Å²) in [5.41, 5.74) is 7.30. The van der Waals surface area contributed by atoms with Gasteiger partial charge in [0.15, 0.2) is 0 Å². The number of hydrogen-bond donors (Lipinski definition) is 3. The molecule has 7 heteroatoms. The zero-order valence-corrected chi connectivity index (χ0v) is 16.0. The van der Waals surface area contributed by atoms with Crippen molar-refractivity contribution in [3.05, 3.63) is 70.8 Å². The molecule has 0 aliphatic carbocycles. The van der Waals surface area contributed by atoms with Crippen molar-refractivity contribution < 1.29 is 19.6 Å². The lowest BCUT2D eigenvalue weighted by Gasteiger charge is -2.39. The largest absolute Gasteiger partial charge is 0.291 e.